The van der Waals surface area contributed by atoms with Crippen molar-refractivity contribution >= 4 is 11.6 Å². The number of hydrogen-bond donors (Lipinski definition) is 0. The average Bonchev–Trinajstić information content (AvgIpc) is 2.55. The number of rotatable bonds is 7. The number of ether oxygens (including phenoxy) is 2. The molecule has 16 heavy (non-hydrogen) atoms. The van der Waals surface area contributed by atoms with E-state index < -0.39 is 0 Å². The zero-order valence-electron chi connectivity index (χ0n) is 10.7. The van der Waals surface area contributed by atoms with Gasteiger partial charge in [0.25, 0.3) is 0 Å². The van der Waals surface area contributed by atoms with Gasteiger partial charge >= 0.3 is 0 Å². The summed E-state index contributed by atoms with van der Waals surface area (Å²) in [6.45, 7) is 7.89. The molecule has 0 aliphatic carbocycles. The van der Waals surface area contributed by atoms with E-state index in [0.29, 0.717) is 12.0 Å². The Morgan fingerprint density at radius 1 is 1.44 bits per heavy atom. The molecular weight excluding hydrogens is 226 g/mol. The summed E-state index contributed by atoms with van der Waals surface area (Å²) in [6.07, 6.45) is 2.66. The third kappa shape index (κ3) is 5.00. The lowest BCUT2D eigenvalue weighted by Gasteiger charge is -2.26. The van der Waals surface area contributed by atoms with Gasteiger partial charge in [-0.1, -0.05) is 0 Å². The van der Waals surface area contributed by atoms with Crippen LogP contribution in [0.5, 0.6) is 0 Å². The Morgan fingerprint density at radius 2 is 2.19 bits per heavy atom. The number of halogens is 1. The summed E-state index contributed by atoms with van der Waals surface area (Å²) in [7, 11) is 1.73. The Hall–Kier alpha value is 0.170. The third-order valence-electron chi connectivity index (χ3n) is 3.03. The van der Waals surface area contributed by atoms with E-state index in [0.717, 1.165) is 39.1 Å². The van der Waals surface area contributed by atoms with Gasteiger partial charge in [0, 0.05) is 32.6 Å². The minimum atomic E-state index is 0.0541. The number of methoxy groups -OCH3 is 1. The summed E-state index contributed by atoms with van der Waals surface area (Å²) in [5.41, 5.74) is 0.0541. The topological polar surface area (TPSA) is 21.7 Å². The van der Waals surface area contributed by atoms with Crippen LogP contribution in [0.3, 0.4) is 0 Å². The molecule has 4 heteroatoms. The number of nitrogens with zero attached hydrogens (tertiary/aromatic N) is 1. The van der Waals surface area contributed by atoms with Crippen molar-refractivity contribution in [3.63, 3.8) is 0 Å². The lowest BCUT2D eigenvalue weighted by molar-refractivity contribution is -0.0298. The van der Waals surface area contributed by atoms with Crippen molar-refractivity contribution in [3.05, 3.63) is 0 Å². The van der Waals surface area contributed by atoms with Gasteiger partial charge in [0.05, 0.1) is 18.3 Å². The fourth-order valence-electron chi connectivity index (χ4n) is 2.13. The van der Waals surface area contributed by atoms with Crippen LogP contribution >= 0.6 is 11.6 Å². The Bertz CT molecular complexity index is 199. The Kier molecular flexibility index (Phi) is 6.05. The smallest absolute Gasteiger partial charge is 0.0710 e. The average molecular weight is 250 g/mol. The molecule has 3 nitrogen and oxygen atoms in total. The van der Waals surface area contributed by atoms with Crippen LogP contribution < -0.4 is 0 Å². The van der Waals surface area contributed by atoms with Gasteiger partial charge in [-0.2, -0.15) is 0 Å². The van der Waals surface area contributed by atoms with Crippen molar-refractivity contribution in [2.45, 2.75) is 38.4 Å². The second-order valence-corrected chi connectivity index (χ2v) is 5.40. The first-order valence-electron chi connectivity index (χ1n) is 6.02. The van der Waals surface area contributed by atoms with Gasteiger partial charge in [0.1, 0.15) is 0 Å². The second-order valence-electron chi connectivity index (χ2n) is 5.02. The Labute approximate surface area is 104 Å². The Balaban J connectivity index is 2.31. The van der Waals surface area contributed by atoms with Crippen molar-refractivity contribution < 1.29 is 9.47 Å². The molecule has 0 spiro atoms. The lowest BCUT2D eigenvalue weighted by atomic mass is 10.1. The summed E-state index contributed by atoms with van der Waals surface area (Å²) in [5.74, 6) is 0.666. The first-order chi connectivity index (χ1) is 7.57. The van der Waals surface area contributed by atoms with Crippen LogP contribution in [-0.4, -0.2) is 55.8 Å². The molecule has 1 rings (SSSR count). The monoisotopic (exact) mass is 249 g/mol. The fourth-order valence-corrected chi connectivity index (χ4v) is 2.37. The SMILES string of the molecule is COCCN(CCCl)CC1CCC(C)(C)O1. The van der Waals surface area contributed by atoms with Crippen molar-refractivity contribution in [1.82, 2.24) is 4.90 Å². The largest absolute Gasteiger partial charge is 0.383 e. The van der Waals surface area contributed by atoms with Gasteiger partial charge in [-0.15, -0.1) is 11.6 Å². The van der Waals surface area contributed by atoms with E-state index in [1.165, 1.54) is 0 Å². The normalized spacial score (nSPS) is 24.2. The van der Waals surface area contributed by atoms with Gasteiger partial charge in [0.15, 0.2) is 0 Å². The molecule has 0 aromatic heterocycles. The van der Waals surface area contributed by atoms with Crippen LogP contribution in [-0.2, 0) is 9.47 Å². The third-order valence-corrected chi connectivity index (χ3v) is 3.20. The van der Waals surface area contributed by atoms with Crippen LogP contribution in [0.25, 0.3) is 0 Å². The highest BCUT2D eigenvalue weighted by Crippen LogP contribution is 2.29. The van der Waals surface area contributed by atoms with Gasteiger partial charge in [-0.3, -0.25) is 4.90 Å². The molecule has 1 heterocycles. The maximum Gasteiger partial charge on any atom is 0.0710 e. The summed E-state index contributed by atoms with van der Waals surface area (Å²) in [5, 5.41) is 0. The van der Waals surface area contributed by atoms with E-state index in [9.17, 15) is 0 Å². The maximum atomic E-state index is 5.98. The van der Waals surface area contributed by atoms with Crippen LogP contribution in [0.4, 0.5) is 0 Å². The zero-order chi connectivity index (χ0) is 12.0. The van der Waals surface area contributed by atoms with Gasteiger partial charge in [-0.05, 0) is 26.7 Å². The first kappa shape index (κ1) is 14.2. The van der Waals surface area contributed by atoms with E-state index in [-0.39, 0.29) is 5.60 Å². The van der Waals surface area contributed by atoms with Crippen LogP contribution in [0.1, 0.15) is 26.7 Å². The minimum Gasteiger partial charge on any atom is -0.383 e. The van der Waals surface area contributed by atoms with Crippen LogP contribution in [0.2, 0.25) is 0 Å². The predicted octanol–water partition coefficient (Wildman–Crippen LogP) is 2.13. The highest BCUT2D eigenvalue weighted by molar-refractivity contribution is 6.18. The summed E-state index contributed by atoms with van der Waals surface area (Å²) >= 11 is 5.79. The lowest BCUT2D eigenvalue weighted by Crippen LogP contribution is -2.37. The summed E-state index contributed by atoms with van der Waals surface area (Å²) in [6, 6.07) is 0. The fraction of sp³-hybridized carbons (Fsp3) is 1.00. The van der Waals surface area contributed by atoms with Gasteiger partial charge in [0.2, 0.25) is 0 Å². The molecule has 0 aromatic carbocycles. The first-order valence-corrected chi connectivity index (χ1v) is 6.56. The quantitative estimate of drug-likeness (QED) is 0.646. The molecule has 0 bridgehead atoms. The van der Waals surface area contributed by atoms with Crippen LogP contribution in [0, 0.1) is 0 Å². The van der Waals surface area contributed by atoms with Gasteiger partial charge in [-0.25, -0.2) is 0 Å². The van der Waals surface area contributed by atoms with E-state index >= 15 is 0 Å². The predicted molar refractivity (Wildman–Crippen MR) is 67.2 cm³/mol. The molecule has 1 saturated heterocycles. The van der Waals surface area contributed by atoms with E-state index in [1.807, 2.05) is 0 Å². The van der Waals surface area contributed by atoms with E-state index in [4.69, 9.17) is 21.1 Å². The molecule has 1 unspecified atom stereocenters. The van der Waals surface area contributed by atoms with E-state index in [2.05, 4.69) is 18.7 Å². The number of hydrogen-bond acceptors (Lipinski definition) is 3. The maximum absolute atomic E-state index is 5.98. The molecule has 0 amide bonds. The molecule has 1 aliphatic rings. The molecule has 96 valence electrons. The van der Waals surface area contributed by atoms with E-state index in [1.54, 1.807) is 7.11 Å². The van der Waals surface area contributed by atoms with Crippen molar-refractivity contribution in [2.24, 2.45) is 0 Å². The molecular formula is C12H24ClNO2. The van der Waals surface area contributed by atoms with Crippen molar-refractivity contribution in [2.75, 3.05) is 39.2 Å². The molecule has 0 saturated carbocycles. The molecule has 1 fully saturated rings. The van der Waals surface area contributed by atoms with Crippen molar-refractivity contribution in [3.8, 4) is 0 Å². The summed E-state index contributed by atoms with van der Waals surface area (Å²) < 4.78 is 11.1. The molecule has 1 atom stereocenters. The summed E-state index contributed by atoms with van der Waals surface area (Å²) in [4.78, 5) is 2.32. The van der Waals surface area contributed by atoms with Gasteiger partial charge < -0.3 is 9.47 Å². The highest BCUT2D eigenvalue weighted by atomic mass is 35.5. The molecule has 0 radical (unpaired) electrons. The minimum absolute atomic E-state index is 0.0541. The second kappa shape index (κ2) is 6.80. The Morgan fingerprint density at radius 3 is 2.69 bits per heavy atom. The van der Waals surface area contributed by atoms with Crippen molar-refractivity contribution in [1.29, 1.82) is 0 Å². The van der Waals surface area contributed by atoms with Crippen LogP contribution in [0.15, 0.2) is 0 Å². The number of alkyl halides is 1. The highest BCUT2D eigenvalue weighted by Gasteiger charge is 2.32. The zero-order valence-corrected chi connectivity index (χ0v) is 11.4. The molecule has 0 N–H and O–H groups in total. The molecule has 0 aromatic rings. The molecule has 1 aliphatic heterocycles. The standard InChI is InChI=1S/C12H24ClNO2/c1-12(2)5-4-11(16-12)10-14(7-6-13)8-9-15-3/h11H,4-10H2,1-3H3.